The van der Waals surface area contributed by atoms with Gasteiger partial charge >= 0.3 is 6.18 Å². The lowest BCUT2D eigenvalue weighted by Crippen LogP contribution is -2.46. The summed E-state index contributed by atoms with van der Waals surface area (Å²) in [7, 11) is 0. The van der Waals surface area contributed by atoms with Gasteiger partial charge in [0.1, 0.15) is 5.75 Å². The first-order valence-electron chi connectivity index (χ1n) is 9.95. The zero-order valence-electron chi connectivity index (χ0n) is 16.9. The van der Waals surface area contributed by atoms with E-state index in [0.717, 1.165) is 5.75 Å². The molecule has 1 aromatic carbocycles. The van der Waals surface area contributed by atoms with Crippen molar-refractivity contribution in [2.24, 2.45) is 5.92 Å². The van der Waals surface area contributed by atoms with Crippen LogP contribution < -0.4 is 10.1 Å². The number of ether oxygens (including phenoxy) is 1. The highest BCUT2D eigenvalue weighted by molar-refractivity contribution is 5.76. The van der Waals surface area contributed by atoms with E-state index in [2.05, 4.69) is 19.2 Å². The van der Waals surface area contributed by atoms with Crippen LogP contribution in [0, 0.1) is 5.92 Å². The molecule has 28 heavy (non-hydrogen) atoms. The second-order valence-corrected chi connectivity index (χ2v) is 7.91. The first-order valence-corrected chi connectivity index (χ1v) is 9.95. The maximum absolute atomic E-state index is 12.5. The molecule has 1 heterocycles. The lowest BCUT2D eigenvalue weighted by atomic mass is 9.90. The van der Waals surface area contributed by atoms with Crippen molar-refractivity contribution >= 4 is 5.91 Å². The molecule has 0 saturated carbocycles. The standard InChI is InChI=1S/C21H31F3N2O2/c1-15(2)17-4-6-19(7-5-17)28-13-10-20(27)25-16(3)18-8-11-26(12-9-18)14-21(22,23)24/h4-7,15-16,18H,8-14H2,1-3H3,(H,25,27)/t16-/m0/s1. The normalized spacial score (nSPS) is 17.5. The average Bonchev–Trinajstić information content (AvgIpc) is 2.61. The van der Waals surface area contributed by atoms with Gasteiger partial charge in [0, 0.05) is 6.04 Å². The van der Waals surface area contributed by atoms with Crippen LogP contribution in [-0.2, 0) is 4.79 Å². The Bertz CT molecular complexity index is 609. The summed E-state index contributed by atoms with van der Waals surface area (Å²) in [6.07, 6.45) is -2.57. The quantitative estimate of drug-likeness (QED) is 0.705. The number of carbonyl (C=O) groups is 1. The fourth-order valence-electron chi connectivity index (χ4n) is 3.52. The van der Waals surface area contributed by atoms with Gasteiger partial charge in [-0.1, -0.05) is 26.0 Å². The van der Waals surface area contributed by atoms with Crippen LogP contribution in [-0.4, -0.2) is 49.3 Å². The van der Waals surface area contributed by atoms with Crippen LogP contribution >= 0.6 is 0 Å². The number of alkyl halides is 3. The van der Waals surface area contributed by atoms with E-state index in [1.54, 1.807) is 0 Å². The first kappa shape index (κ1) is 22.5. The SMILES string of the molecule is CC(C)c1ccc(OCCC(=O)N[C@@H](C)C2CCN(CC(F)(F)F)CC2)cc1. The highest BCUT2D eigenvalue weighted by Gasteiger charge is 2.33. The molecule has 158 valence electrons. The lowest BCUT2D eigenvalue weighted by Gasteiger charge is -2.35. The highest BCUT2D eigenvalue weighted by atomic mass is 19.4. The van der Waals surface area contributed by atoms with E-state index in [1.165, 1.54) is 10.5 Å². The number of amides is 1. The van der Waals surface area contributed by atoms with Crippen LogP contribution in [0.3, 0.4) is 0 Å². The molecule has 0 aliphatic carbocycles. The summed E-state index contributed by atoms with van der Waals surface area (Å²) in [5, 5.41) is 2.96. The number of benzene rings is 1. The number of hydrogen-bond donors (Lipinski definition) is 1. The van der Waals surface area contributed by atoms with E-state index >= 15 is 0 Å². The van der Waals surface area contributed by atoms with Crippen molar-refractivity contribution in [3.05, 3.63) is 29.8 Å². The molecule has 1 aliphatic rings. The summed E-state index contributed by atoms with van der Waals surface area (Å²) in [5.74, 6) is 1.31. The highest BCUT2D eigenvalue weighted by Crippen LogP contribution is 2.24. The maximum atomic E-state index is 12.5. The van der Waals surface area contributed by atoms with Crippen LogP contribution in [0.25, 0.3) is 0 Å². The Kier molecular flexibility index (Phi) is 8.16. The van der Waals surface area contributed by atoms with Crippen molar-refractivity contribution in [2.75, 3.05) is 26.2 Å². The van der Waals surface area contributed by atoms with Gasteiger partial charge in [0.05, 0.1) is 19.6 Å². The Labute approximate surface area is 165 Å². The van der Waals surface area contributed by atoms with E-state index in [9.17, 15) is 18.0 Å². The molecule has 4 nitrogen and oxygen atoms in total. The topological polar surface area (TPSA) is 41.6 Å². The minimum atomic E-state index is -4.15. The lowest BCUT2D eigenvalue weighted by molar-refractivity contribution is -0.148. The Morgan fingerprint density at radius 3 is 2.32 bits per heavy atom. The summed E-state index contributed by atoms with van der Waals surface area (Å²) in [6.45, 7) is 6.45. The largest absolute Gasteiger partial charge is 0.493 e. The molecule has 0 radical (unpaired) electrons. The zero-order chi connectivity index (χ0) is 20.7. The summed E-state index contributed by atoms with van der Waals surface area (Å²) >= 11 is 0. The van der Waals surface area contributed by atoms with Crippen LogP contribution in [0.5, 0.6) is 5.75 Å². The average molecular weight is 400 g/mol. The van der Waals surface area contributed by atoms with E-state index < -0.39 is 12.7 Å². The van der Waals surface area contributed by atoms with Gasteiger partial charge in [0.15, 0.2) is 0 Å². The number of likely N-dealkylation sites (tertiary alicyclic amines) is 1. The van der Waals surface area contributed by atoms with Crippen LogP contribution in [0.4, 0.5) is 13.2 Å². The van der Waals surface area contributed by atoms with Gasteiger partial charge in [0.25, 0.3) is 0 Å². The van der Waals surface area contributed by atoms with Crippen LogP contribution in [0.1, 0.15) is 51.5 Å². The van der Waals surface area contributed by atoms with Gasteiger partial charge < -0.3 is 10.1 Å². The molecule has 0 bridgehead atoms. The third-order valence-corrected chi connectivity index (χ3v) is 5.28. The van der Waals surface area contributed by atoms with Crippen LogP contribution in [0.15, 0.2) is 24.3 Å². The number of rotatable bonds is 8. The molecule has 1 atom stereocenters. The Balaban J connectivity index is 1.66. The predicted octanol–water partition coefficient (Wildman–Crippen LogP) is 4.36. The maximum Gasteiger partial charge on any atom is 0.401 e. The minimum absolute atomic E-state index is 0.0501. The number of nitrogens with zero attached hydrogens (tertiary/aromatic N) is 1. The fourth-order valence-corrected chi connectivity index (χ4v) is 3.52. The molecule has 1 amide bonds. The van der Waals surface area contributed by atoms with Crippen molar-refractivity contribution in [3.63, 3.8) is 0 Å². The van der Waals surface area contributed by atoms with E-state index in [1.807, 2.05) is 31.2 Å². The molecule has 0 spiro atoms. The Morgan fingerprint density at radius 2 is 1.79 bits per heavy atom. The Morgan fingerprint density at radius 1 is 1.18 bits per heavy atom. The van der Waals surface area contributed by atoms with Gasteiger partial charge in [-0.2, -0.15) is 13.2 Å². The molecule has 1 N–H and O–H groups in total. The molecule has 1 saturated heterocycles. The summed E-state index contributed by atoms with van der Waals surface area (Å²) in [6, 6.07) is 7.81. The van der Waals surface area contributed by atoms with Gasteiger partial charge in [-0.25, -0.2) is 0 Å². The Hall–Kier alpha value is -1.76. The molecular formula is C21H31F3N2O2. The van der Waals surface area contributed by atoms with Crippen molar-refractivity contribution in [1.82, 2.24) is 10.2 Å². The molecule has 7 heteroatoms. The van der Waals surface area contributed by atoms with Crippen molar-refractivity contribution in [2.45, 2.75) is 58.2 Å². The molecule has 1 aromatic rings. The number of piperidine rings is 1. The first-order chi connectivity index (χ1) is 13.1. The molecule has 0 aromatic heterocycles. The third kappa shape index (κ3) is 7.70. The predicted molar refractivity (Wildman–Crippen MR) is 103 cm³/mol. The summed E-state index contributed by atoms with van der Waals surface area (Å²) in [5.41, 5.74) is 1.24. The number of carbonyl (C=O) groups excluding carboxylic acids is 1. The number of nitrogens with one attached hydrogen (secondary N) is 1. The zero-order valence-corrected chi connectivity index (χ0v) is 16.9. The minimum Gasteiger partial charge on any atom is -0.493 e. The fraction of sp³-hybridized carbons (Fsp3) is 0.667. The van der Waals surface area contributed by atoms with Crippen molar-refractivity contribution in [1.29, 1.82) is 0 Å². The number of halogens is 3. The van der Waals surface area contributed by atoms with Crippen LogP contribution in [0.2, 0.25) is 0 Å². The molecule has 1 aliphatic heterocycles. The molecule has 2 rings (SSSR count). The third-order valence-electron chi connectivity index (χ3n) is 5.28. The van der Waals surface area contributed by atoms with E-state index in [-0.39, 0.29) is 24.3 Å². The molecular weight excluding hydrogens is 369 g/mol. The van der Waals surface area contributed by atoms with Gasteiger partial charge in [0.2, 0.25) is 5.91 Å². The summed E-state index contributed by atoms with van der Waals surface area (Å²) < 4.78 is 43.0. The smallest absolute Gasteiger partial charge is 0.401 e. The van der Waals surface area contributed by atoms with Gasteiger partial charge in [-0.05, 0) is 62.4 Å². The number of hydrogen-bond acceptors (Lipinski definition) is 3. The molecule has 1 fully saturated rings. The van der Waals surface area contributed by atoms with Gasteiger partial charge in [-0.15, -0.1) is 0 Å². The van der Waals surface area contributed by atoms with E-state index in [4.69, 9.17) is 4.74 Å². The second-order valence-electron chi connectivity index (χ2n) is 7.91. The van der Waals surface area contributed by atoms with Crippen molar-refractivity contribution < 1.29 is 22.7 Å². The van der Waals surface area contributed by atoms with E-state index in [0.29, 0.717) is 38.5 Å². The molecule has 0 unspecified atom stereocenters. The second kappa shape index (κ2) is 10.1. The monoisotopic (exact) mass is 400 g/mol. The van der Waals surface area contributed by atoms with Crippen molar-refractivity contribution in [3.8, 4) is 5.75 Å². The van der Waals surface area contributed by atoms with Gasteiger partial charge in [-0.3, -0.25) is 9.69 Å². The summed E-state index contributed by atoms with van der Waals surface area (Å²) in [4.78, 5) is 13.6.